The minimum absolute atomic E-state index is 0.678. The molecule has 0 aromatic heterocycles. The first-order valence-corrected chi connectivity index (χ1v) is 8.54. The lowest BCUT2D eigenvalue weighted by molar-refractivity contribution is 0.164. The van der Waals surface area contributed by atoms with Crippen molar-refractivity contribution in [1.82, 2.24) is 9.91 Å². The zero-order valence-electron chi connectivity index (χ0n) is 13.5. The molecule has 3 rings (SSSR count). The molecule has 0 aliphatic carbocycles. The van der Waals surface area contributed by atoms with Crippen molar-refractivity contribution in [3.05, 3.63) is 45.1 Å². The zero-order chi connectivity index (χ0) is 16.4. The summed E-state index contributed by atoms with van der Waals surface area (Å²) in [4.78, 5) is 2.38. The Morgan fingerprint density at radius 1 is 1.30 bits per heavy atom. The quantitative estimate of drug-likeness (QED) is 0.805. The van der Waals surface area contributed by atoms with Crippen molar-refractivity contribution in [1.29, 1.82) is 0 Å². The number of methoxy groups -OCH3 is 1. The van der Waals surface area contributed by atoms with E-state index in [1.54, 1.807) is 7.11 Å². The first kappa shape index (κ1) is 16.6. The SMILES string of the molecule is COCCN1CCC2=NN(Cc3cc(Cl)ccc3Cl)CC2=C1C. The summed E-state index contributed by atoms with van der Waals surface area (Å²) in [5.74, 6) is 0. The van der Waals surface area contributed by atoms with Crippen LogP contribution in [0.3, 0.4) is 0 Å². The van der Waals surface area contributed by atoms with Gasteiger partial charge in [0.05, 0.1) is 25.4 Å². The molecule has 2 aliphatic heterocycles. The second-order valence-corrected chi connectivity index (χ2v) is 6.74. The number of fused-ring (bicyclic) bond motifs is 1. The van der Waals surface area contributed by atoms with Gasteiger partial charge in [0.1, 0.15) is 0 Å². The van der Waals surface area contributed by atoms with E-state index in [-0.39, 0.29) is 0 Å². The lowest BCUT2D eigenvalue weighted by Crippen LogP contribution is -2.34. The van der Waals surface area contributed by atoms with Crippen LogP contribution < -0.4 is 0 Å². The second-order valence-electron chi connectivity index (χ2n) is 5.90. The molecule has 0 radical (unpaired) electrons. The molecule has 1 aromatic carbocycles. The standard InChI is InChI=1S/C17H21Cl2N3O/c1-12-15-11-22(10-13-9-14(18)3-4-16(13)19)20-17(15)5-6-21(12)7-8-23-2/h3-4,9H,5-8,10-11H2,1-2H3. The zero-order valence-corrected chi connectivity index (χ0v) is 15.0. The Kier molecular flexibility index (Phi) is 5.14. The molecule has 124 valence electrons. The molecule has 4 nitrogen and oxygen atoms in total. The van der Waals surface area contributed by atoms with E-state index in [1.807, 2.05) is 18.2 Å². The fourth-order valence-electron chi connectivity index (χ4n) is 3.10. The van der Waals surface area contributed by atoms with Crippen LogP contribution in [0.5, 0.6) is 0 Å². The summed E-state index contributed by atoms with van der Waals surface area (Å²) < 4.78 is 5.20. The topological polar surface area (TPSA) is 28.1 Å². The Morgan fingerprint density at radius 3 is 2.91 bits per heavy atom. The van der Waals surface area contributed by atoms with Gasteiger partial charge < -0.3 is 9.64 Å². The summed E-state index contributed by atoms with van der Waals surface area (Å²) in [6, 6.07) is 5.56. The molecule has 0 unspecified atom stereocenters. The highest BCUT2D eigenvalue weighted by atomic mass is 35.5. The summed E-state index contributed by atoms with van der Waals surface area (Å²) in [6.07, 6.45) is 0.982. The predicted molar refractivity (Wildman–Crippen MR) is 95.1 cm³/mol. The van der Waals surface area contributed by atoms with Crippen molar-refractivity contribution in [2.45, 2.75) is 19.9 Å². The summed E-state index contributed by atoms with van der Waals surface area (Å²) >= 11 is 12.3. The van der Waals surface area contributed by atoms with E-state index in [0.29, 0.717) is 11.6 Å². The van der Waals surface area contributed by atoms with Gasteiger partial charge in [-0.1, -0.05) is 23.2 Å². The van der Waals surface area contributed by atoms with Crippen molar-refractivity contribution >= 4 is 28.9 Å². The third kappa shape index (κ3) is 3.65. The summed E-state index contributed by atoms with van der Waals surface area (Å²) in [5, 5.41) is 8.29. The second kappa shape index (κ2) is 7.12. The van der Waals surface area contributed by atoms with Crippen molar-refractivity contribution < 1.29 is 4.74 Å². The lowest BCUT2D eigenvalue weighted by atomic mass is 10.0. The number of nitrogens with zero attached hydrogens (tertiary/aromatic N) is 3. The molecule has 23 heavy (non-hydrogen) atoms. The van der Waals surface area contributed by atoms with Crippen LogP contribution in [0.4, 0.5) is 0 Å². The highest BCUT2D eigenvalue weighted by molar-refractivity contribution is 6.33. The molecule has 0 bridgehead atoms. The van der Waals surface area contributed by atoms with Crippen molar-refractivity contribution in [2.75, 3.05) is 33.4 Å². The Morgan fingerprint density at radius 2 is 2.13 bits per heavy atom. The minimum Gasteiger partial charge on any atom is -0.383 e. The number of benzene rings is 1. The summed E-state index contributed by atoms with van der Waals surface area (Å²) in [5.41, 5.74) is 4.86. The van der Waals surface area contributed by atoms with Gasteiger partial charge in [-0.15, -0.1) is 0 Å². The third-order valence-corrected chi connectivity index (χ3v) is 5.01. The fraction of sp³-hybridized carbons (Fsp3) is 0.471. The maximum atomic E-state index is 6.27. The molecule has 0 amide bonds. The van der Waals surface area contributed by atoms with Gasteiger partial charge in [-0.3, -0.25) is 5.01 Å². The van der Waals surface area contributed by atoms with E-state index < -0.39 is 0 Å². The van der Waals surface area contributed by atoms with Crippen molar-refractivity contribution in [3.63, 3.8) is 0 Å². The van der Waals surface area contributed by atoms with Gasteiger partial charge in [0.25, 0.3) is 0 Å². The predicted octanol–water partition coefficient (Wildman–Crippen LogP) is 3.79. The van der Waals surface area contributed by atoms with Gasteiger partial charge in [0.15, 0.2) is 0 Å². The first-order valence-electron chi connectivity index (χ1n) is 7.79. The smallest absolute Gasteiger partial charge is 0.0691 e. The Bertz CT molecular complexity index is 657. The maximum Gasteiger partial charge on any atom is 0.0691 e. The normalized spacial score (nSPS) is 17.7. The molecular weight excluding hydrogens is 333 g/mol. The van der Waals surface area contributed by atoms with Gasteiger partial charge in [-0.05, 0) is 30.7 Å². The number of halogens is 2. The molecule has 0 atom stereocenters. The van der Waals surface area contributed by atoms with Gasteiger partial charge in [0.2, 0.25) is 0 Å². The van der Waals surface area contributed by atoms with E-state index in [4.69, 9.17) is 33.0 Å². The van der Waals surface area contributed by atoms with Crippen LogP contribution in [0.15, 0.2) is 34.6 Å². The average molecular weight is 354 g/mol. The molecule has 2 aliphatic rings. The van der Waals surface area contributed by atoms with Crippen LogP contribution in [-0.4, -0.2) is 49.0 Å². The number of rotatable bonds is 5. The fourth-order valence-corrected chi connectivity index (χ4v) is 3.47. The van der Waals surface area contributed by atoms with Crippen LogP contribution in [0, 0.1) is 0 Å². The highest BCUT2D eigenvalue weighted by Crippen LogP contribution is 2.29. The maximum absolute atomic E-state index is 6.27. The largest absolute Gasteiger partial charge is 0.383 e. The Hall–Kier alpha value is -1.23. The molecule has 0 saturated carbocycles. The van der Waals surface area contributed by atoms with E-state index in [2.05, 4.69) is 16.8 Å². The highest BCUT2D eigenvalue weighted by Gasteiger charge is 2.28. The monoisotopic (exact) mass is 353 g/mol. The van der Waals surface area contributed by atoms with Crippen LogP contribution in [-0.2, 0) is 11.3 Å². The van der Waals surface area contributed by atoms with Gasteiger partial charge in [0, 0.05) is 47.9 Å². The minimum atomic E-state index is 0.678. The van der Waals surface area contributed by atoms with E-state index >= 15 is 0 Å². The molecule has 1 aromatic rings. The lowest BCUT2D eigenvalue weighted by Gasteiger charge is -2.30. The van der Waals surface area contributed by atoms with Crippen LogP contribution in [0.25, 0.3) is 0 Å². The molecule has 0 fully saturated rings. The number of allylic oxidation sites excluding steroid dienone is 1. The van der Waals surface area contributed by atoms with Gasteiger partial charge in [-0.2, -0.15) is 5.10 Å². The summed E-state index contributed by atoms with van der Waals surface area (Å²) in [6.45, 7) is 6.36. The van der Waals surface area contributed by atoms with Crippen LogP contribution >= 0.6 is 23.2 Å². The Labute approximate surface area is 147 Å². The molecule has 0 spiro atoms. The van der Waals surface area contributed by atoms with Crippen LogP contribution in [0.2, 0.25) is 10.0 Å². The molecular formula is C17H21Cl2N3O. The van der Waals surface area contributed by atoms with Crippen molar-refractivity contribution in [3.8, 4) is 0 Å². The number of hydrogen-bond donors (Lipinski definition) is 0. The Balaban J connectivity index is 1.74. The third-order valence-electron chi connectivity index (χ3n) is 4.41. The van der Waals surface area contributed by atoms with Gasteiger partial charge >= 0.3 is 0 Å². The first-order chi connectivity index (χ1) is 11.1. The summed E-state index contributed by atoms with van der Waals surface area (Å²) in [7, 11) is 1.74. The van der Waals surface area contributed by atoms with Crippen molar-refractivity contribution in [2.24, 2.45) is 5.10 Å². The van der Waals surface area contributed by atoms with E-state index in [9.17, 15) is 0 Å². The molecule has 0 saturated heterocycles. The molecule has 0 N–H and O–H groups in total. The van der Waals surface area contributed by atoms with E-state index in [0.717, 1.165) is 43.2 Å². The number of hydrazone groups is 1. The average Bonchev–Trinajstić information content (AvgIpc) is 2.94. The van der Waals surface area contributed by atoms with Gasteiger partial charge in [-0.25, -0.2) is 0 Å². The van der Waals surface area contributed by atoms with Crippen LogP contribution in [0.1, 0.15) is 18.9 Å². The van der Waals surface area contributed by atoms with E-state index in [1.165, 1.54) is 17.0 Å². The molecule has 6 heteroatoms. The number of hydrogen-bond acceptors (Lipinski definition) is 4. The number of ether oxygens (including phenoxy) is 1. The molecule has 2 heterocycles.